The molecule has 0 unspecified atom stereocenters. The van der Waals surface area contributed by atoms with Crippen molar-refractivity contribution in [1.29, 1.82) is 0 Å². The first-order valence-electron chi connectivity index (χ1n) is 4.75. The molecule has 0 aliphatic carbocycles. The smallest absolute Gasteiger partial charge is 0.219 e. The van der Waals surface area contributed by atoms with Crippen molar-refractivity contribution >= 4 is 24.8 Å². The van der Waals surface area contributed by atoms with Gasteiger partial charge in [0.15, 0.2) is 0 Å². The highest BCUT2D eigenvalue weighted by atomic mass is 35.5. The Balaban J connectivity index is 0.00000128. The number of hydrogen-bond donors (Lipinski definition) is 1. The Morgan fingerprint density at radius 1 is 1.18 bits per heavy atom. The molecule has 0 saturated heterocycles. The summed E-state index contributed by atoms with van der Waals surface area (Å²) in [5, 5.41) is 2.97. The van der Waals surface area contributed by atoms with Gasteiger partial charge in [0.25, 0.3) is 0 Å². The summed E-state index contributed by atoms with van der Waals surface area (Å²) >= 11 is 0. The summed E-state index contributed by atoms with van der Waals surface area (Å²) in [6, 6.07) is 5.69. The molecule has 5 heteroatoms. The molecule has 1 aliphatic heterocycles. The number of hydrogen-bond acceptors (Lipinski definition) is 3. The molecule has 1 aromatic heterocycles. The molecule has 2 heterocycles. The minimum absolute atomic E-state index is 0. The third kappa shape index (κ3) is 4.93. The van der Waals surface area contributed by atoms with Gasteiger partial charge in [-0.25, -0.2) is 4.98 Å². The standard InChI is InChI=1S/C12H12N2O.2ClH/c1-10-5-4-7-12(14-10)15-11-6-2-3-8-13-9-11;;/h2-9,13H,1H3;2*1H. The van der Waals surface area contributed by atoms with Crippen LogP contribution in [-0.2, 0) is 0 Å². The molecular weight excluding hydrogens is 259 g/mol. The topological polar surface area (TPSA) is 34.1 Å². The van der Waals surface area contributed by atoms with Gasteiger partial charge in [-0.2, -0.15) is 0 Å². The highest BCUT2D eigenvalue weighted by Crippen LogP contribution is 2.12. The molecule has 0 radical (unpaired) electrons. The van der Waals surface area contributed by atoms with Gasteiger partial charge in [-0.3, -0.25) is 0 Å². The molecule has 0 aromatic carbocycles. The van der Waals surface area contributed by atoms with Crippen LogP contribution in [0.2, 0.25) is 0 Å². The summed E-state index contributed by atoms with van der Waals surface area (Å²) in [5.74, 6) is 1.34. The lowest BCUT2D eigenvalue weighted by Gasteiger charge is -2.05. The maximum atomic E-state index is 5.58. The zero-order chi connectivity index (χ0) is 10.5. The van der Waals surface area contributed by atoms with E-state index in [0.717, 1.165) is 11.5 Å². The van der Waals surface area contributed by atoms with Gasteiger partial charge in [0, 0.05) is 24.2 Å². The van der Waals surface area contributed by atoms with Gasteiger partial charge in [-0.1, -0.05) is 12.1 Å². The molecule has 0 saturated carbocycles. The zero-order valence-electron chi connectivity index (χ0n) is 9.29. The summed E-state index contributed by atoms with van der Waals surface area (Å²) in [7, 11) is 0. The lowest BCUT2D eigenvalue weighted by Crippen LogP contribution is -2.00. The van der Waals surface area contributed by atoms with Crippen molar-refractivity contribution in [3.05, 3.63) is 60.3 Å². The third-order valence-corrected chi connectivity index (χ3v) is 1.87. The molecule has 2 rings (SSSR count). The number of rotatable bonds is 2. The van der Waals surface area contributed by atoms with Gasteiger partial charge in [0.2, 0.25) is 5.88 Å². The Kier molecular flexibility index (Phi) is 7.10. The van der Waals surface area contributed by atoms with Gasteiger partial charge in [-0.05, 0) is 25.1 Å². The molecule has 0 amide bonds. The molecular formula is C12H14Cl2N2O. The largest absolute Gasteiger partial charge is 0.438 e. The fraction of sp³-hybridized carbons (Fsp3) is 0.0833. The summed E-state index contributed by atoms with van der Waals surface area (Å²) in [6.45, 7) is 1.93. The van der Waals surface area contributed by atoms with Crippen LogP contribution in [0.1, 0.15) is 5.69 Å². The van der Waals surface area contributed by atoms with Crippen LogP contribution in [0.5, 0.6) is 5.88 Å². The molecule has 3 nitrogen and oxygen atoms in total. The minimum atomic E-state index is 0. The van der Waals surface area contributed by atoms with Crippen LogP contribution in [0.4, 0.5) is 0 Å². The Bertz CT molecular complexity index is 442. The number of allylic oxidation sites excluding steroid dienone is 3. The number of nitrogens with zero attached hydrogens (tertiary/aromatic N) is 1. The van der Waals surface area contributed by atoms with Crippen molar-refractivity contribution in [2.45, 2.75) is 6.92 Å². The van der Waals surface area contributed by atoms with Crippen LogP contribution in [0.3, 0.4) is 0 Å². The third-order valence-electron chi connectivity index (χ3n) is 1.87. The van der Waals surface area contributed by atoms with Crippen molar-refractivity contribution < 1.29 is 4.74 Å². The molecule has 0 atom stereocenters. The Morgan fingerprint density at radius 3 is 2.76 bits per heavy atom. The van der Waals surface area contributed by atoms with E-state index in [9.17, 15) is 0 Å². The van der Waals surface area contributed by atoms with Crippen molar-refractivity contribution in [1.82, 2.24) is 10.3 Å². The molecule has 92 valence electrons. The summed E-state index contributed by atoms with van der Waals surface area (Å²) in [5.41, 5.74) is 0.941. The Morgan fingerprint density at radius 2 is 2.00 bits per heavy atom. The number of ether oxygens (including phenoxy) is 1. The molecule has 17 heavy (non-hydrogen) atoms. The van der Waals surface area contributed by atoms with Gasteiger partial charge in [0.05, 0.1) is 0 Å². The van der Waals surface area contributed by atoms with Crippen LogP contribution < -0.4 is 10.1 Å². The number of aromatic nitrogens is 1. The van der Waals surface area contributed by atoms with Crippen molar-refractivity contribution in [3.8, 4) is 5.88 Å². The number of halogens is 2. The number of aryl methyl sites for hydroxylation is 1. The monoisotopic (exact) mass is 272 g/mol. The van der Waals surface area contributed by atoms with Crippen molar-refractivity contribution in [2.75, 3.05) is 0 Å². The van der Waals surface area contributed by atoms with Crippen LogP contribution in [0.15, 0.2) is 54.6 Å². The maximum absolute atomic E-state index is 5.58. The van der Waals surface area contributed by atoms with Gasteiger partial charge >= 0.3 is 0 Å². The SMILES string of the molecule is Cc1cccc(OC2=CNC=CC=C2)n1.Cl.Cl. The lowest BCUT2D eigenvalue weighted by molar-refractivity contribution is 0.423. The second-order valence-electron chi connectivity index (χ2n) is 3.15. The Labute approximate surface area is 113 Å². The predicted octanol–water partition coefficient (Wildman–Crippen LogP) is 3.13. The fourth-order valence-corrected chi connectivity index (χ4v) is 1.20. The molecule has 1 aromatic rings. The molecule has 1 aliphatic rings. The van der Waals surface area contributed by atoms with Crippen LogP contribution in [-0.4, -0.2) is 4.98 Å². The van der Waals surface area contributed by atoms with Gasteiger partial charge < -0.3 is 10.1 Å². The van der Waals surface area contributed by atoms with E-state index in [4.69, 9.17) is 4.74 Å². The molecule has 0 spiro atoms. The van der Waals surface area contributed by atoms with Crippen LogP contribution in [0, 0.1) is 6.92 Å². The lowest BCUT2D eigenvalue weighted by atomic mass is 10.4. The second kappa shape index (κ2) is 7.76. The first-order chi connectivity index (χ1) is 7.34. The number of pyridine rings is 1. The fourth-order valence-electron chi connectivity index (χ4n) is 1.20. The predicted molar refractivity (Wildman–Crippen MR) is 73.6 cm³/mol. The summed E-state index contributed by atoms with van der Waals surface area (Å²) in [6.07, 6.45) is 9.29. The minimum Gasteiger partial charge on any atom is -0.438 e. The van der Waals surface area contributed by atoms with Crippen LogP contribution in [0.25, 0.3) is 0 Å². The van der Waals surface area contributed by atoms with E-state index >= 15 is 0 Å². The normalized spacial score (nSPS) is 12.4. The van der Waals surface area contributed by atoms with Gasteiger partial charge in [-0.15, -0.1) is 24.8 Å². The van der Waals surface area contributed by atoms with Crippen molar-refractivity contribution in [3.63, 3.8) is 0 Å². The van der Waals surface area contributed by atoms with E-state index in [1.807, 2.05) is 49.6 Å². The number of nitrogens with one attached hydrogen (secondary N) is 1. The first-order valence-corrected chi connectivity index (χ1v) is 4.75. The molecule has 0 fully saturated rings. The van der Waals surface area contributed by atoms with E-state index in [0.29, 0.717) is 5.88 Å². The van der Waals surface area contributed by atoms with E-state index in [2.05, 4.69) is 10.3 Å². The van der Waals surface area contributed by atoms with Crippen molar-refractivity contribution in [2.24, 2.45) is 0 Å². The quantitative estimate of drug-likeness (QED) is 0.898. The molecule has 1 N–H and O–H groups in total. The highest BCUT2D eigenvalue weighted by Gasteiger charge is 1.99. The van der Waals surface area contributed by atoms with E-state index < -0.39 is 0 Å². The highest BCUT2D eigenvalue weighted by molar-refractivity contribution is 5.85. The first kappa shape index (κ1) is 15.6. The maximum Gasteiger partial charge on any atom is 0.219 e. The van der Waals surface area contributed by atoms with Gasteiger partial charge in [0.1, 0.15) is 5.76 Å². The summed E-state index contributed by atoms with van der Waals surface area (Å²) < 4.78 is 5.58. The van der Waals surface area contributed by atoms with E-state index in [1.165, 1.54) is 0 Å². The average Bonchev–Trinajstić information content (AvgIpc) is 2.46. The van der Waals surface area contributed by atoms with E-state index in [-0.39, 0.29) is 24.8 Å². The van der Waals surface area contributed by atoms with Crippen LogP contribution >= 0.6 is 24.8 Å². The second-order valence-corrected chi connectivity index (χ2v) is 3.15. The van der Waals surface area contributed by atoms with E-state index in [1.54, 1.807) is 6.20 Å². The summed E-state index contributed by atoms with van der Waals surface area (Å²) in [4.78, 5) is 4.25. The Hall–Kier alpha value is -1.45. The zero-order valence-corrected chi connectivity index (χ0v) is 10.9. The molecule has 0 bridgehead atoms. The average molecular weight is 273 g/mol.